The van der Waals surface area contributed by atoms with Crippen LogP contribution in [0.2, 0.25) is 5.15 Å². The van der Waals surface area contributed by atoms with Crippen molar-refractivity contribution in [1.82, 2.24) is 4.98 Å². The Kier molecular flexibility index (Phi) is 4.31. The van der Waals surface area contributed by atoms with E-state index < -0.39 is 10.8 Å². The predicted octanol–water partition coefficient (Wildman–Crippen LogP) is 3.52. The molecule has 2 rings (SSSR count). The van der Waals surface area contributed by atoms with Gasteiger partial charge >= 0.3 is 5.69 Å². The Morgan fingerprint density at radius 2 is 2.20 bits per heavy atom. The minimum Gasteiger partial charge on any atom is -0.300 e. The molecule has 1 amide bonds. The molecule has 1 N–H and O–H groups in total. The third-order valence-corrected chi connectivity index (χ3v) is 3.94. The lowest BCUT2D eigenvalue weighted by atomic mass is 10.3. The smallest absolute Gasteiger partial charge is 0.300 e. The van der Waals surface area contributed by atoms with Gasteiger partial charge in [0.25, 0.3) is 5.91 Å². The van der Waals surface area contributed by atoms with Crippen LogP contribution in [0.1, 0.15) is 21.5 Å². The summed E-state index contributed by atoms with van der Waals surface area (Å²) in [6.45, 7) is 1.98. The predicted molar refractivity (Wildman–Crippen MR) is 77.6 cm³/mol. The molecular formula is C12H10ClN3O3S. The van der Waals surface area contributed by atoms with Crippen molar-refractivity contribution in [1.29, 1.82) is 0 Å². The van der Waals surface area contributed by atoms with Crippen molar-refractivity contribution in [3.63, 3.8) is 0 Å². The number of pyridine rings is 1. The third-order valence-electron chi connectivity index (χ3n) is 2.50. The molecule has 0 unspecified atom stereocenters. The van der Waals surface area contributed by atoms with Crippen LogP contribution in [0.4, 0.5) is 11.5 Å². The highest BCUT2D eigenvalue weighted by Gasteiger charge is 2.19. The first-order chi connectivity index (χ1) is 9.51. The molecule has 0 aromatic carbocycles. The summed E-state index contributed by atoms with van der Waals surface area (Å²) in [5, 5.41) is 13.4. The lowest BCUT2D eigenvalue weighted by Crippen LogP contribution is -2.13. The fraction of sp³-hybridized carbons (Fsp3) is 0.167. The summed E-state index contributed by atoms with van der Waals surface area (Å²) >= 11 is 7.03. The summed E-state index contributed by atoms with van der Waals surface area (Å²) < 4.78 is 0. The fourth-order valence-corrected chi connectivity index (χ4v) is 2.52. The number of thiophene rings is 1. The maximum Gasteiger partial charge on any atom is 0.311 e. The van der Waals surface area contributed by atoms with Gasteiger partial charge in [0, 0.05) is 10.9 Å². The average molecular weight is 312 g/mol. The second-order valence-electron chi connectivity index (χ2n) is 3.83. The van der Waals surface area contributed by atoms with Gasteiger partial charge in [0.1, 0.15) is 5.15 Å². The molecule has 0 fully saturated rings. The van der Waals surface area contributed by atoms with E-state index in [0.29, 0.717) is 4.88 Å². The highest BCUT2D eigenvalue weighted by Crippen LogP contribution is 2.25. The van der Waals surface area contributed by atoms with Crippen LogP contribution in [0.25, 0.3) is 0 Å². The van der Waals surface area contributed by atoms with Gasteiger partial charge in [-0.25, -0.2) is 4.98 Å². The van der Waals surface area contributed by atoms with Gasteiger partial charge in [-0.3, -0.25) is 14.9 Å². The van der Waals surface area contributed by atoms with E-state index in [0.717, 1.165) is 11.3 Å². The van der Waals surface area contributed by atoms with E-state index in [1.54, 1.807) is 6.07 Å². The van der Waals surface area contributed by atoms with Gasteiger partial charge in [-0.05, 0) is 24.6 Å². The zero-order valence-electron chi connectivity index (χ0n) is 10.4. The minimum absolute atomic E-state index is 0.0753. The summed E-state index contributed by atoms with van der Waals surface area (Å²) in [5.74, 6) is -0.591. The Labute approximate surface area is 123 Å². The summed E-state index contributed by atoms with van der Waals surface area (Å²) in [4.78, 5) is 27.6. The molecule has 6 nitrogen and oxygen atoms in total. The second-order valence-corrected chi connectivity index (χ2v) is 5.39. The van der Waals surface area contributed by atoms with Gasteiger partial charge in [0.15, 0.2) is 0 Å². The number of amides is 1. The first kappa shape index (κ1) is 14.4. The number of carbonyl (C=O) groups is 1. The Hall–Kier alpha value is -1.99. The van der Waals surface area contributed by atoms with Crippen LogP contribution in [0.3, 0.4) is 0 Å². The number of nitrogens with one attached hydrogen (secondary N) is 1. The van der Waals surface area contributed by atoms with E-state index in [9.17, 15) is 14.9 Å². The number of nitrogens with zero attached hydrogens (tertiary/aromatic N) is 2. The number of halogens is 1. The SMILES string of the molecule is CCc1ccc(C(=O)Nc2nc(Cl)ccc2[N+](=O)[O-])s1. The van der Waals surface area contributed by atoms with Gasteiger partial charge < -0.3 is 5.32 Å². The van der Waals surface area contributed by atoms with Crippen molar-refractivity contribution in [2.75, 3.05) is 5.32 Å². The van der Waals surface area contributed by atoms with Crippen LogP contribution in [0, 0.1) is 10.1 Å². The standard InChI is InChI=1S/C12H10ClN3O3S/c1-2-7-3-5-9(20-7)12(17)15-11-8(16(18)19)4-6-10(13)14-11/h3-6H,2H2,1H3,(H,14,15,17). The van der Waals surface area contributed by atoms with Crippen LogP contribution in [0.5, 0.6) is 0 Å². The Morgan fingerprint density at radius 3 is 2.80 bits per heavy atom. The molecule has 8 heteroatoms. The maximum atomic E-state index is 12.0. The van der Waals surface area contributed by atoms with Crippen LogP contribution < -0.4 is 5.32 Å². The Morgan fingerprint density at radius 1 is 1.45 bits per heavy atom. The van der Waals surface area contributed by atoms with Crippen LogP contribution >= 0.6 is 22.9 Å². The molecule has 0 aliphatic heterocycles. The van der Waals surface area contributed by atoms with Gasteiger partial charge in [-0.2, -0.15) is 0 Å². The lowest BCUT2D eigenvalue weighted by molar-refractivity contribution is -0.384. The van der Waals surface area contributed by atoms with Crippen molar-refractivity contribution >= 4 is 40.4 Å². The van der Waals surface area contributed by atoms with Crippen molar-refractivity contribution in [2.45, 2.75) is 13.3 Å². The molecule has 104 valence electrons. The molecule has 0 saturated heterocycles. The van der Waals surface area contributed by atoms with E-state index in [1.165, 1.54) is 23.5 Å². The van der Waals surface area contributed by atoms with Crippen LogP contribution in [0.15, 0.2) is 24.3 Å². The summed E-state index contributed by atoms with van der Waals surface area (Å²) in [6.07, 6.45) is 0.827. The quantitative estimate of drug-likeness (QED) is 0.532. The molecule has 20 heavy (non-hydrogen) atoms. The van der Waals surface area contributed by atoms with Gasteiger partial charge in [0.05, 0.1) is 9.80 Å². The highest BCUT2D eigenvalue weighted by molar-refractivity contribution is 7.14. The number of hydrogen-bond acceptors (Lipinski definition) is 5. The summed E-state index contributed by atoms with van der Waals surface area (Å²) in [6, 6.07) is 6.03. The van der Waals surface area contributed by atoms with Crippen molar-refractivity contribution in [3.05, 3.63) is 49.3 Å². The van der Waals surface area contributed by atoms with Gasteiger partial charge in [-0.1, -0.05) is 18.5 Å². The molecule has 0 radical (unpaired) electrons. The molecule has 0 aliphatic rings. The van der Waals surface area contributed by atoms with E-state index in [2.05, 4.69) is 10.3 Å². The van der Waals surface area contributed by atoms with E-state index in [4.69, 9.17) is 11.6 Å². The average Bonchev–Trinajstić information content (AvgIpc) is 2.87. The first-order valence-electron chi connectivity index (χ1n) is 5.72. The van der Waals surface area contributed by atoms with E-state index >= 15 is 0 Å². The van der Waals surface area contributed by atoms with E-state index in [-0.39, 0.29) is 16.7 Å². The third kappa shape index (κ3) is 3.12. The zero-order valence-corrected chi connectivity index (χ0v) is 12.0. The van der Waals surface area contributed by atoms with Crippen LogP contribution in [-0.4, -0.2) is 15.8 Å². The molecule has 2 aromatic heterocycles. The van der Waals surface area contributed by atoms with Crippen molar-refractivity contribution in [3.8, 4) is 0 Å². The largest absolute Gasteiger partial charge is 0.311 e. The Balaban J connectivity index is 2.27. The molecule has 0 atom stereocenters. The number of anilines is 1. The molecule has 0 bridgehead atoms. The van der Waals surface area contributed by atoms with Crippen LogP contribution in [-0.2, 0) is 6.42 Å². The van der Waals surface area contributed by atoms with Gasteiger partial charge in [0.2, 0.25) is 5.82 Å². The lowest BCUT2D eigenvalue weighted by Gasteiger charge is -2.03. The summed E-state index contributed by atoms with van der Waals surface area (Å²) in [5.41, 5.74) is -0.296. The number of aryl methyl sites for hydroxylation is 1. The molecule has 0 spiro atoms. The molecule has 0 saturated carbocycles. The summed E-state index contributed by atoms with van der Waals surface area (Å²) in [7, 11) is 0. The second kappa shape index (κ2) is 5.98. The number of rotatable bonds is 4. The fourth-order valence-electron chi connectivity index (χ4n) is 1.53. The minimum atomic E-state index is -0.620. The normalized spacial score (nSPS) is 10.3. The molecule has 2 heterocycles. The number of carbonyl (C=O) groups excluding carboxylic acids is 1. The zero-order chi connectivity index (χ0) is 14.7. The topological polar surface area (TPSA) is 85.1 Å². The Bertz CT molecular complexity index is 672. The molecule has 2 aromatic rings. The first-order valence-corrected chi connectivity index (χ1v) is 6.91. The number of nitro groups is 1. The number of hydrogen-bond donors (Lipinski definition) is 1. The maximum absolute atomic E-state index is 12.0. The molecular weight excluding hydrogens is 302 g/mol. The molecule has 0 aliphatic carbocycles. The number of aromatic nitrogens is 1. The monoisotopic (exact) mass is 311 g/mol. The van der Waals surface area contributed by atoms with Crippen molar-refractivity contribution < 1.29 is 9.72 Å². The highest BCUT2D eigenvalue weighted by atomic mass is 35.5. The van der Waals surface area contributed by atoms with E-state index in [1.807, 2.05) is 13.0 Å². The van der Waals surface area contributed by atoms with Gasteiger partial charge in [-0.15, -0.1) is 11.3 Å². The van der Waals surface area contributed by atoms with Crippen molar-refractivity contribution in [2.24, 2.45) is 0 Å².